The molecule has 0 spiro atoms. The molecule has 0 aromatic rings. The van der Waals surface area contributed by atoms with Crippen LogP contribution in [-0.2, 0) is 0 Å². The van der Waals surface area contributed by atoms with E-state index in [1.54, 1.807) is 0 Å². The van der Waals surface area contributed by atoms with Gasteiger partial charge in [0.2, 0.25) is 0 Å². The summed E-state index contributed by atoms with van der Waals surface area (Å²) in [6.45, 7) is 15.2. The molecule has 0 N–H and O–H groups in total. The van der Waals surface area contributed by atoms with Crippen molar-refractivity contribution in [2.45, 2.75) is 163 Å². The maximum Gasteiger partial charge on any atom is 0.559 e. The average molecular weight is 519 g/mol. The van der Waals surface area contributed by atoms with Crippen LogP contribution in [0.25, 0.3) is 0 Å². The molecule has 0 amide bonds. The zero-order valence-corrected chi connectivity index (χ0v) is 23.8. The van der Waals surface area contributed by atoms with Gasteiger partial charge in [-0.2, -0.15) is 0 Å². The van der Waals surface area contributed by atoms with Crippen molar-refractivity contribution in [3.05, 3.63) is 0 Å². The van der Waals surface area contributed by atoms with E-state index in [9.17, 15) is 17.6 Å². The Kier molecular flexibility index (Phi) is 31.5. The number of alkyl halides is 4. The summed E-state index contributed by atoms with van der Waals surface area (Å²) in [6, 6.07) is 0. The van der Waals surface area contributed by atoms with E-state index in [-0.39, 0.29) is 4.70 Å². The van der Waals surface area contributed by atoms with Gasteiger partial charge in [0.15, 0.2) is 0 Å². The Morgan fingerprint density at radius 3 is 0.714 bits per heavy atom. The molecule has 0 unspecified atom stereocenters. The maximum absolute atomic E-state index is 9.69. The molecule has 0 fully saturated rings. The molecule has 0 atom stereocenters. The molecule has 6 heteroatoms. The van der Waals surface area contributed by atoms with Crippen molar-refractivity contribution >= 4 is 0 Å². The summed E-state index contributed by atoms with van der Waals surface area (Å²) < 4.78 is 40.2. The van der Waals surface area contributed by atoms with E-state index < -0.39 is 6.43 Å². The third kappa shape index (κ3) is 33.6. The highest BCUT2D eigenvalue weighted by atomic mass is 19.5. The van der Waals surface area contributed by atoms with Gasteiger partial charge in [0.05, 0.1) is 26.2 Å². The van der Waals surface area contributed by atoms with Crippen LogP contribution in [0.15, 0.2) is 0 Å². The van der Waals surface area contributed by atoms with Crippen molar-refractivity contribution in [2.75, 3.05) is 26.2 Å². The normalized spacial score (nSPS) is 11.7. The summed E-state index contributed by atoms with van der Waals surface area (Å²) in [7, 11) is 0. The molecule has 1 nitrogen and oxygen atoms in total. The van der Waals surface area contributed by atoms with Crippen molar-refractivity contribution in [2.24, 2.45) is 0 Å². The topological polar surface area (TPSA) is 0 Å². The standard InChI is InChI=1S/C28H60N.CF4.FH/c1-5-9-13-17-21-25-29(26-22-18-14-10-6-2,27-23-19-15-11-7-3)28-24-20-16-12-8-4;2-1(3,4)5;/h5-28H2,1-4H3;;1H/q+1;;. The first-order chi connectivity index (χ1) is 16.2. The van der Waals surface area contributed by atoms with Crippen molar-refractivity contribution in [3.63, 3.8) is 0 Å². The highest BCUT2D eigenvalue weighted by Gasteiger charge is 2.26. The molecule has 0 aromatic heterocycles. The van der Waals surface area contributed by atoms with E-state index >= 15 is 0 Å². The first-order valence-corrected chi connectivity index (χ1v) is 14.8. The minimum atomic E-state index is -5.50. The van der Waals surface area contributed by atoms with Gasteiger partial charge in [-0.05, 0) is 51.4 Å². The van der Waals surface area contributed by atoms with Crippen LogP contribution in [-0.4, -0.2) is 37.1 Å². The van der Waals surface area contributed by atoms with Gasteiger partial charge >= 0.3 is 6.43 Å². The lowest BCUT2D eigenvalue weighted by molar-refractivity contribution is -0.929. The fourth-order valence-electron chi connectivity index (χ4n) is 4.87. The number of hydrogen-bond acceptors (Lipinski definition) is 0. The second-order valence-electron chi connectivity index (χ2n) is 10.3. The molecule has 0 saturated carbocycles. The highest BCUT2D eigenvalue weighted by Crippen LogP contribution is 2.20. The van der Waals surface area contributed by atoms with Crippen molar-refractivity contribution < 1.29 is 26.7 Å². The lowest BCUT2D eigenvalue weighted by Crippen LogP contribution is -2.50. The minimum Gasteiger partial charge on any atom is -0.324 e. The smallest absolute Gasteiger partial charge is 0.324 e. The SMILES string of the molecule is CCCCCCC[N+](CCCCCCC)(CCCCCCC)CCCCCCC.F.FC(F)(F)F. The van der Waals surface area contributed by atoms with Gasteiger partial charge in [0.1, 0.15) is 0 Å². The van der Waals surface area contributed by atoms with Crippen LogP contribution in [0.2, 0.25) is 0 Å². The minimum absolute atomic E-state index is 0. The second-order valence-corrected chi connectivity index (χ2v) is 10.3. The van der Waals surface area contributed by atoms with E-state index in [0.717, 1.165) is 0 Å². The number of rotatable bonds is 24. The Balaban J connectivity index is -0.00000154. The van der Waals surface area contributed by atoms with Crippen LogP contribution < -0.4 is 0 Å². The van der Waals surface area contributed by atoms with Crippen molar-refractivity contribution in [1.82, 2.24) is 0 Å². The number of halogens is 5. The van der Waals surface area contributed by atoms with E-state index in [0.29, 0.717) is 0 Å². The van der Waals surface area contributed by atoms with Crippen LogP contribution in [0.4, 0.5) is 22.3 Å². The lowest BCUT2D eigenvalue weighted by Gasteiger charge is -2.39. The van der Waals surface area contributed by atoms with Crippen LogP contribution >= 0.6 is 0 Å². The van der Waals surface area contributed by atoms with Crippen molar-refractivity contribution in [1.29, 1.82) is 0 Å². The maximum atomic E-state index is 9.69. The molecule has 0 radical (unpaired) electrons. The highest BCUT2D eigenvalue weighted by molar-refractivity contribution is 4.54. The largest absolute Gasteiger partial charge is 0.559 e. The summed E-state index contributed by atoms with van der Waals surface area (Å²) in [5, 5.41) is 0. The molecule has 0 aliphatic heterocycles. The van der Waals surface area contributed by atoms with Crippen LogP contribution in [0.5, 0.6) is 0 Å². The van der Waals surface area contributed by atoms with E-state index in [4.69, 9.17) is 0 Å². The number of unbranched alkanes of at least 4 members (excludes halogenated alkanes) is 16. The lowest BCUT2D eigenvalue weighted by atomic mass is 10.1. The second kappa shape index (κ2) is 28.2. The van der Waals surface area contributed by atoms with Crippen molar-refractivity contribution in [3.8, 4) is 0 Å². The predicted molar refractivity (Wildman–Crippen MR) is 144 cm³/mol. The Morgan fingerprint density at radius 2 is 0.543 bits per heavy atom. The molecule has 0 rings (SSSR count). The van der Waals surface area contributed by atoms with E-state index in [2.05, 4.69) is 27.7 Å². The summed E-state index contributed by atoms with van der Waals surface area (Å²) in [6.07, 6.45) is 23.3. The van der Waals surface area contributed by atoms with Gasteiger partial charge in [-0.3, -0.25) is 4.70 Å². The molecular formula is C29H61F5N+. The molecule has 35 heavy (non-hydrogen) atoms. The zero-order valence-electron chi connectivity index (χ0n) is 23.8. The van der Waals surface area contributed by atoms with Gasteiger partial charge in [-0.15, -0.1) is 17.6 Å². The van der Waals surface area contributed by atoms with Crippen LogP contribution in [0.1, 0.15) is 156 Å². The fraction of sp³-hybridized carbons (Fsp3) is 1.00. The Morgan fingerprint density at radius 1 is 0.371 bits per heavy atom. The van der Waals surface area contributed by atoms with E-state index in [1.807, 2.05) is 0 Å². The van der Waals surface area contributed by atoms with E-state index in [1.165, 1.54) is 159 Å². The first-order valence-electron chi connectivity index (χ1n) is 14.8. The Labute approximate surface area is 215 Å². The summed E-state index contributed by atoms with van der Waals surface area (Å²) in [5.74, 6) is 0. The number of hydrogen-bond donors (Lipinski definition) is 0. The van der Waals surface area contributed by atoms with Gasteiger partial charge in [0, 0.05) is 0 Å². The van der Waals surface area contributed by atoms with Gasteiger partial charge in [-0.25, -0.2) is 0 Å². The van der Waals surface area contributed by atoms with Gasteiger partial charge in [0.25, 0.3) is 0 Å². The molecular weight excluding hydrogens is 457 g/mol. The third-order valence-corrected chi connectivity index (χ3v) is 6.94. The predicted octanol–water partition coefficient (Wildman–Crippen LogP) is 11.3. The molecule has 0 aromatic carbocycles. The number of quaternary nitrogens is 1. The van der Waals surface area contributed by atoms with Gasteiger partial charge < -0.3 is 4.48 Å². The molecule has 0 bridgehead atoms. The summed E-state index contributed by atoms with van der Waals surface area (Å²) >= 11 is 0. The van der Waals surface area contributed by atoms with Gasteiger partial charge in [-0.1, -0.05) is 105 Å². The quantitative estimate of drug-likeness (QED) is 0.0677. The zero-order chi connectivity index (χ0) is 26.0. The van der Waals surface area contributed by atoms with Crippen LogP contribution in [0, 0.1) is 0 Å². The fourth-order valence-corrected chi connectivity index (χ4v) is 4.87. The molecule has 0 aliphatic rings. The van der Waals surface area contributed by atoms with Crippen LogP contribution in [0.3, 0.4) is 0 Å². The Bertz CT molecular complexity index is 320. The molecule has 0 aliphatic carbocycles. The summed E-state index contributed by atoms with van der Waals surface area (Å²) in [5.41, 5.74) is 0. The number of nitrogens with zero attached hydrogens (tertiary/aromatic N) is 1. The average Bonchev–Trinajstić information content (AvgIpc) is 2.77. The summed E-state index contributed by atoms with van der Waals surface area (Å²) in [4.78, 5) is 0. The molecule has 0 heterocycles. The monoisotopic (exact) mass is 518 g/mol. The molecule has 216 valence electrons. The first kappa shape index (κ1) is 39.1. The molecule has 0 saturated heterocycles. The third-order valence-electron chi connectivity index (χ3n) is 6.94. The Hall–Kier alpha value is -0.390.